The lowest BCUT2D eigenvalue weighted by molar-refractivity contribution is 0.295. The molecule has 0 aliphatic heterocycles. The minimum absolute atomic E-state index is 0.605. The van der Waals surface area contributed by atoms with E-state index in [4.69, 9.17) is 9.47 Å². The number of hydrogen-bond donors (Lipinski definition) is 1. The lowest BCUT2D eigenvalue weighted by atomic mass is 10.1. The van der Waals surface area contributed by atoms with Crippen LogP contribution in [0.2, 0.25) is 0 Å². The summed E-state index contributed by atoms with van der Waals surface area (Å²) in [5, 5.41) is 3.30. The SMILES string of the molecule is CCOc1ccc(OCCCC(CC)NC)cc1. The molecule has 1 unspecified atom stereocenters. The van der Waals surface area contributed by atoms with Crippen molar-refractivity contribution in [2.24, 2.45) is 0 Å². The van der Waals surface area contributed by atoms with Gasteiger partial charge in [-0.3, -0.25) is 0 Å². The molecule has 0 spiro atoms. The van der Waals surface area contributed by atoms with Crippen LogP contribution >= 0.6 is 0 Å². The topological polar surface area (TPSA) is 30.5 Å². The molecule has 0 saturated heterocycles. The number of benzene rings is 1. The highest BCUT2D eigenvalue weighted by Gasteiger charge is 2.02. The third-order valence-corrected chi connectivity index (χ3v) is 3.00. The van der Waals surface area contributed by atoms with Gasteiger partial charge < -0.3 is 14.8 Å². The lowest BCUT2D eigenvalue weighted by Crippen LogP contribution is -2.24. The van der Waals surface area contributed by atoms with Gasteiger partial charge in [0.15, 0.2) is 0 Å². The first-order chi connectivity index (χ1) is 8.80. The van der Waals surface area contributed by atoms with E-state index in [2.05, 4.69) is 12.2 Å². The second-order valence-corrected chi connectivity index (χ2v) is 4.29. The van der Waals surface area contributed by atoms with E-state index in [0.717, 1.165) is 30.9 Å². The van der Waals surface area contributed by atoms with Crippen LogP contribution in [0.5, 0.6) is 11.5 Å². The van der Waals surface area contributed by atoms with Gasteiger partial charge in [-0.2, -0.15) is 0 Å². The fourth-order valence-corrected chi connectivity index (χ4v) is 1.87. The summed E-state index contributed by atoms with van der Waals surface area (Å²) in [7, 11) is 2.02. The number of nitrogens with one attached hydrogen (secondary N) is 1. The van der Waals surface area contributed by atoms with Gasteiger partial charge in [-0.15, -0.1) is 0 Å². The van der Waals surface area contributed by atoms with Crippen LogP contribution in [0.25, 0.3) is 0 Å². The van der Waals surface area contributed by atoms with Gasteiger partial charge in [0, 0.05) is 6.04 Å². The number of hydrogen-bond acceptors (Lipinski definition) is 3. The van der Waals surface area contributed by atoms with Crippen molar-refractivity contribution in [3.05, 3.63) is 24.3 Å². The third kappa shape index (κ3) is 5.41. The normalized spacial score (nSPS) is 12.2. The van der Waals surface area contributed by atoms with Gasteiger partial charge in [0.05, 0.1) is 13.2 Å². The van der Waals surface area contributed by atoms with Crippen LogP contribution in [-0.2, 0) is 0 Å². The fraction of sp³-hybridized carbons (Fsp3) is 0.600. The van der Waals surface area contributed by atoms with Crippen LogP contribution in [0.15, 0.2) is 24.3 Å². The molecule has 0 aromatic heterocycles. The predicted molar refractivity (Wildman–Crippen MR) is 75.5 cm³/mol. The van der Waals surface area contributed by atoms with Crippen molar-refractivity contribution in [3.63, 3.8) is 0 Å². The van der Waals surface area contributed by atoms with Crippen molar-refractivity contribution < 1.29 is 9.47 Å². The van der Waals surface area contributed by atoms with Gasteiger partial charge in [0.1, 0.15) is 11.5 Å². The highest BCUT2D eigenvalue weighted by molar-refractivity contribution is 5.31. The maximum absolute atomic E-state index is 5.70. The average molecular weight is 251 g/mol. The zero-order valence-electron chi connectivity index (χ0n) is 11.7. The van der Waals surface area contributed by atoms with E-state index < -0.39 is 0 Å². The molecule has 1 aromatic carbocycles. The van der Waals surface area contributed by atoms with Crippen LogP contribution in [0, 0.1) is 0 Å². The van der Waals surface area contributed by atoms with E-state index in [1.54, 1.807) is 0 Å². The summed E-state index contributed by atoms with van der Waals surface area (Å²) in [5.74, 6) is 1.81. The Labute approximate surface area is 110 Å². The molecule has 1 N–H and O–H groups in total. The second-order valence-electron chi connectivity index (χ2n) is 4.29. The maximum Gasteiger partial charge on any atom is 0.119 e. The molecule has 0 radical (unpaired) electrons. The molecular formula is C15H25NO2. The van der Waals surface area contributed by atoms with Crippen LogP contribution in [0.1, 0.15) is 33.1 Å². The van der Waals surface area contributed by atoms with E-state index in [1.165, 1.54) is 6.42 Å². The minimum Gasteiger partial charge on any atom is -0.494 e. The van der Waals surface area contributed by atoms with Crippen LogP contribution in [0.3, 0.4) is 0 Å². The summed E-state index contributed by atoms with van der Waals surface area (Å²) in [4.78, 5) is 0. The van der Waals surface area contributed by atoms with Crippen molar-refractivity contribution in [2.75, 3.05) is 20.3 Å². The smallest absolute Gasteiger partial charge is 0.119 e. The monoisotopic (exact) mass is 251 g/mol. The summed E-state index contributed by atoms with van der Waals surface area (Å²) in [6.45, 7) is 5.65. The molecule has 1 atom stereocenters. The second kappa shape index (κ2) is 8.81. The van der Waals surface area contributed by atoms with E-state index in [0.29, 0.717) is 12.6 Å². The van der Waals surface area contributed by atoms with Gasteiger partial charge >= 0.3 is 0 Å². The highest BCUT2D eigenvalue weighted by atomic mass is 16.5. The van der Waals surface area contributed by atoms with E-state index in [1.807, 2.05) is 38.2 Å². The van der Waals surface area contributed by atoms with Crippen LogP contribution < -0.4 is 14.8 Å². The largest absolute Gasteiger partial charge is 0.494 e. The zero-order chi connectivity index (χ0) is 13.2. The molecule has 3 heteroatoms. The van der Waals surface area contributed by atoms with Gasteiger partial charge in [-0.25, -0.2) is 0 Å². The summed E-state index contributed by atoms with van der Waals surface area (Å²) >= 11 is 0. The quantitative estimate of drug-likeness (QED) is 0.683. The molecule has 0 aliphatic carbocycles. The first-order valence-corrected chi connectivity index (χ1v) is 6.83. The van der Waals surface area contributed by atoms with Gasteiger partial charge in [-0.05, 0) is 57.5 Å². The molecular weight excluding hydrogens is 226 g/mol. The van der Waals surface area contributed by atoms with Crippen molar-refractivity contribution in [3.8, 4) is 11.5 Å². The summed E-state index contributed by atoms with van der Waals surface area (Å²) < 4.78 is 11.1. The molecule has 0 amide bonds. The van der Waals surface area contributed by atoms with E-state index in [-0.39, 0.29) is 0 Å². The standard InChI is InChI=1S/C15H25NO2/c1-4-13(16-3)7-6-12-18-15-10-8-14(9-11-15)17-5-2/h8-11,13,16H,4-7,12H2,1-3H3. The predicted octanol–water partition coefficient (Wildman–Crippen LogP) is 3.24. The van der Waals surface area contributed by atoms with Gasteiger partial charge in [0.25, 0.3) is 0 Å². The Morgan fingerprint density at radius 2 is 1.67 bits per heavy atom. The molecule has 0 heterocycles. The van der Waals surface area contributed by atoms with E-state index >= 15 is 0 Å². The molecule has 102 valence electrons. The van der Waals surface area contributed by atoms with Crippen molar-refractivity contribution in [1.82, 2.24) is 5.32 Å². The Bertz CT molecular complexity index is 307. The molecule has 3 nitrogen and oxygen atoms in total. The minimum atomic E-state index is 0.605. The summed E-state index contributed by atoms with van der Waals surface area (Å²) in [5.41, 5.74) is 0. The first-order valence-electron chi connectivity index (χ1n) is 6.83. The van der Waals surface area contributed by atoms with Crippen molar-refractivity contribution in [2.45, 2.75) is 39.2 Å². The fourth-order valence-electron chi connectivity index (χ4n) is 1.87. The maximum atomic E-state index is 5.70. The third-order valence-electron chi connectivity index (χ3n) is 3.00. The zero-order valence-corrected chi connectivity index (χ0v) is 11.7. The van der Waals surface area contributed by atoms with Crippen molar-refractivity contribution in [1.29, 1.82) is 0 Å². The Balaban J connectivity index is 2.22. The lowest BCUT2D eigenvalue weighted by Gasteiger charge is -2.13. The summed E-state index contributed by atoms with van der Waals surface area (Å²) in [6, 6.07) is 8.41. The molecule has 0 fully saturated rings. The average Bonchev–Trinajstić information content (AvgIpc) is 2.41. The van der Waals surface area contributed by atoms with Crippen LogP contribution in [0.4, 0.5) is 0 Å². The van der Waals surface area contributed by atoms with Gasteiger partial charge in [-0.1, -0.05) is 6.92 Å². The van der Waals surface area contributed by atoms with Crippen LogP contribution in [-0.4, -0.2) is 26.3 Å². The Hall–Kier alpha value is -1.22. The number of rotatable bonds is 9. The molecule has 1 rings (SSSR count). The molecule has 1 aromatic rings. The molecule has 0 bridgehead atoms. The number of ether oxygens (including phenoxy) is 2. The molecule has 18 heavy (non-hydrogen) atoms. The molecule has 0 saturated carbocycles. The molecule has 0 aliphatic rings. The summed E-state index contributed by atoms with van der Waals surface area (Å²) in [6.07, 6.45) is 3.40. The van der Waals surface area contributed by atoms with E-state index in [9.17, 15) is 0 Å². The van der Waals surface area contributed by atoms with Crippen molar-refractivity contribution >= 4 is 0 Å². The highest BCUT2D eigenvalue weighted by Crippen LogP contribution is 2.17. The Morgan fingerprint density at radius 3 is 2.17 bits per heavy atom. The van der Waals surface area contributed by atoms with Gasteiger partial charge in [0.2, 0.25) is 0 Å². The Kier molecular flexibility index (Phi) is 7.26. The Morgan fingerprint density at radius 1 is 1.06 bits per heavy atom. The first kappa shape index (κ1) is 14.8.